The smallest absolute Gasteiger partial charge is 0.322 e. The molecule has 0 radical (unpaired) electrons. The van der Waals surface area contributed by atoms with E-state index in [1.165, 1.54) is 11.3 Å². The van der Waals surface area contributed by atoms with Crippen molar-refractivity contribution >= 4 is 44.9 Å². The molecule has 0 atom stereocenters. The molecular formula is C18H12ClN3O2S. The molecular weight excluding hydrogens is 358 g/mol. The average Bonchev–Trinajstić information content (AvgIpc) is 3.21. The highest BCUT2D eigenvalue weighted by Crippen LogP contribution is 2.35. The van der Waals surface area contributed by atoms with E-state index in [0.29, 0.717) is 15.8 Å². The van der Waals surface area contributed by atoms with Crippen molar-refractivity contribution in [3.05, 3.63) is 64.0 Å². The molecule has 7 heteroatoms. The molecule has 4 rings (SSSR count). The number of aromatic nitrogens is 2. The minimum absolute atomic E-state index is 0.0362. The van der Waals surface area contributed by atoms with Crippen LogP contribution in [0.4, 0.5) is 6.01 Å². The average molecular weight is 370 g/mol. The first kappa shape index (κ1) is 15.8. The number of halogens is 1. The number of nitrogens with one attached hydrogen (secondary N) is 1. The summed E-state index contributed by atoms with van der Waals surface area (Å²) in [6.45, 7) is 2.00. The predicted octanol–water partition coefficient (Wildman–Crippen LogP) is 5.17. The Hall–Kier alpha value is -2.70. The van der Waals surface area contributed by atoms with Crippen molar-refractivity contribution in [2.24, 2.45) is 0 Å². The van der Waals surface area contributed by atoms with E-state index in [1.54, 1.807) is 0 Å². The van der Waals surface area contributed by atoms with Gasteiger partial charge in [-0.1, -0.05) is 52.6 Å². The molecule has 2 aromatic heterocycles. The molecule has 0 saturated heterocycles. The number of nitrogens with zero attached hydrogens (tertiary/aromatic N) is 2. The number of fused-ring (bicyclic) bond motifs is 1. The third-order valence-corrected chi connectivity index (χ3v) is 5.36. The molecule has 4 aromatic rings. The molecule has 25 heavy (non-hydrogen) atoms. The fraction of sp³-hybridized carbons (Fsp3) is 0.0556. The molecule has 0 aliphatic rings. The molecule has 124 valence electrons. The summed E-state index contributed by atoms with van der Waals surface area (Å²) in [5.41, 5.74) is 1.93. The number of amides is 1. The van der Waals surface area contributed by atoms with Gasteiger partial charge in [0.15, 0.2) is 0 Å². The zero-order valence-corrected chi connectivity index (χ0v) is 14.7. The first-order valence-corrected chi connectivity index (χ1v) is 8.70. The van der Waals surface area contributed by atoms with Crippen LogP contribution < -0.4 is 5.32 Å². The van der Waals surface area contributed by atoms with E-state index >= 15 is 0 Å². The van der Waals surface area contributed by atoms with Crippen molar-refractivity contribution < 1.29 is 9.21 Å². The van der Waals surface area contributed by atoms with Crippen LogP contribution in [0.3, 0.4) is 0 Å². The fourth-order valence-electron chi connectivity index (χ4n) is 2.40. The number of aryl methyl sites for hydroxylation is 1. The number of benzene rings is 2. The van der Waals surface area contributed by atoms with Gasteiger partial charge in [0.05, 0.1) is 5.02 Å². The molecule has 0 spiro atoms. The maximum atomic E-state index is 12.5. The van der Waals surface area contributed by atoms with Gasteiger partial charge in [-0.15, -0.1) is 16.4 Å². The van der Waals surface area contributed by atoms with Gasteiger partial charge in [0.2, 0.25) is 5.89 Å². The standard InChI is InChI=1S/C18H12ClN3O2S/c1-10-6-8-11(9-7-10)17-21-22-18(24-17)20-16(23)15-14(19)12-4-2-3-5-13(12)25-15/h2-9H,1H3,(H,20,22,23). The summed E-state index contributed by atoms with van der Waals surface area (Å²) < 4.78 is 6.47. The number of carbonyl (C=O) groups excluding carboxylic acids is 1. The largest absolute Gasteiger partial charge is 0.403 e. The van der Waals surface area contributed by atoms with Crippen LogP contribution in [0.2, 0.25) is 5.02 Å². The first-order chi connectivity index (χ1) is 12.1. The third-order valence-electron chi connectivity index (χ3n) is 3.69. The molecule has 2 heterocycles. The lowest BCUT2D eigenvalue weighted by Crippen LogP contribution is -2.10. The van der Waals surface area contributed by atoms with E-state index < -0.39 is 0 Å². The molecule has 0 unspecified atom stereocenters. The minimum Gasteiger partial charge on any atom is -0.403 e. The summed E-state index contributed by atoms with van der Waals surface area (Å²) in [5.74, 6) is -0.0250. The van der Waals surface area contributed by atoms with E-state index in [0.717, 1.165) is 21.2 Å². The van der Waals surface area contributed by atoms with E-state index in [1.807, 2.05) is 55.5 Å². The lowest BCUT2D eigenvalue weighted by atomic mass is 10.1. The Labute approximate surface area is 152 Å². The van der Waals surface area contributed by atoms with Gasteiger partial charge in [-0.05, 0) is 25.1 Å². The monoisotopic (exact) mass is 369 g/mol. The normalized spacial score (nSPS) is 11.0. The van der Waals surface area contributed by atoms with Crippen molar-refractivity contribution in [1.29, 1.82) is 0 Å². The van der Waals surface area contributed by atoms with Crippen LogP contribution in [-0.4, -0.2) is 16.1 Å². The first-order valence-electron chi connectivity index (χ1n) is 7.51. The van der Waals surface area contributed by atoms with Gasteiger partial charge in [0, 0.05) is 15.6 Å². The van der Waals surface area contributed by atoms with E-state index in [9.17, 15) is 4.79 Å². The number of thiophene rings is 1. The zero-order chi connectivity index (χ0) is 17.4. The van der Waals surface area contributed by atoms with Crippen molar-refractivity contribution in [3.8, 4) is 11.5 Å². The summed E-state index contributed by atoms with van der Waals surface area (Å²) in [5, 5.41) is 11.7. The second kappa shape index (κ2) is 6.31. The highest BCUT2D eigenvalue weighted by atomic mass is 35.5. The topological polar surface area (TPSA) is 68.0 Å². The lowest BCUT2D eigenvalue weighted by Gasteiger charge is -1.98. The van der Waals surface area contributed by atoms with Crippen molar-refractivity contribution in [2.75, 3.05) is 5.32 Å². The number of anilines is 1. The molecule has 0 saturated carbocycles. The quantitative estimate of drug-likeness (QED) is 0.541. The van der Waals surface area contributed by atoms with Crippen LogP contribution in [0.5, 0.6) is 0 Å². The van der Waals surface area contributed by atoms with Crippen molar-refractivity contribution in [3.63, 3.8) is 0 Å². The van der Waals surface area contributed by atoms with Gasteiger partial charge in [-0.2, -0.15) is 0 Å². The highest BCUT2D eigenvalue weighted by Gasteiger charge is 2.19. The van der Waals surface area contributed by atoms with Crippen molar-refractivity contribution in [2.45, 2.75) is 6.92 Å². The summed E-state index contributed by atoms with van der Waals surface area (Å²) >= 11 is 7.64. The molecule has 0 fully saturated rings. The van der Waals surface area contributed by atoms with Crippen molar-refractivity contribution in [1.82, 2.24) is 10.2 Å². The zero-order valence-electron chi connectivity index (χ0n) is 13.1. The van der Waals surface area contributed by atoms with Crippen LogP contribution in [0.1, 0.15) is 15.2 Å². The Morgan fingerprint density at radius 2 is 1.88 bits per heavy atom. The van der Waals surface area contributed by atoms with E-state index in [2.05, 4.69) is 15.5 Å². The molecule has 2 aromatic carbocycles. The predicted molar refractivity (Wildman–Crippen MR) is 99.3 cm³/mol. The van der Waals surface area contributed by atoms with Gasteiger partial charge >= 0.3 is 6.01 Å². The second-order valence-corrected chi connectivity index (χ2v) is 6.90. The van der Waals surface area contributed by atoms with Gasteiger partial charge in [-0.25, -0.2) is 0 Å². The highest BCUT2D eigenvalue weighted by molar-refractivity contribution is 7.21. The maximum absolute atomic E-state index is 12.5. The van der Waals surface area contributed by atoms with Crippen LogP contribution >= 0.6 is 22.9 Å². The summed E-state index contributed by atoms with van der Waals surface area (Å²) in [6, 6.07) is 15.3. The third kappa shape index (κ3) is 3.01. The molecule has 0 aliphatic heterocycles. The van der Waals surface area contributed by atoms with E-state index in [4.69, 9.17) is 16.0 Å². The summed E-state index contributed by atoms with van der Waals surface area (Å²) in [7, 11) is 0. The molecule has 0 bridgehead atoms. The molecule has 0 aliphatic carbocycles. The Bertz CT molecular complexity index is 1070. The Kier molecular flexibility index (Phi) is 3.99. The fourth-order valence-corrected chi connectivity index (χ4v) is 3.81. The Morgan fingerprint density at radius 3 is 2.64 bits per heavy atom. The van der Waals surface area contributed by atoms with Crippen LogP contribution in [-0.2, 0) is 0 Å². The van der Waals surface area contributed by atoms with Gasteiger partial charge in [0.1, 0.15) is 4.88 Å². The van der Waals surface area contributed by atoms with E-state index in [-0.39, 0.29) is 11.9 Å². The number of hydrogen-bond donors (Lipinski definition) is 1. The number of rotatable bonds is 3. The summed E-state index contributed by atoms with van der Waals surface area (Å²) in [6.07, 6.45) is 0. The maximum Gasteiger partial charge on any atom is 0.322 e. The minimum atomic E-state index is -0.370. The summed E-state index contributed by atoms with van der Waals surface area (Å²) in [4.78, 5) is 12.9. The Balaban J connectivity index is 1.58. The van der Waals surface area contributed by atoms with Crippen LogP contribution in [0.15, 0.2) is 52.9 Å². The Morgan fingerprint density at radius 1 is 1.12 bits per heavy atom. The SMILES string of the molecule is Cc1ccc(-c2nnc(NC(=O)c3sc4ccccc4c3Cl)o2)cc1. The molecule has 1 N–H and O–H groups in total. The number of carbonyl (C=O) groups is 1. The number of hydrogen-bond acceptors (Lipinski definition) is 5. The van der Waals surface area contributed by atoms with Gasteiger partial charge in [-0.3, -0.25) is 10.1 Å². The lowest BCUT2D eigenvalue weighted by molar-refractivity contribution is 0.102. The molecule has 1 amide bonds. The second-order valence-electron chi connectivity index (χ2n) is 5.47. The van der Waals surface area contributed by atoms with Crippen LogP contribution in [0, 0.1) is 6.92 Å². The van der Waals surface area contributed by atoms with Gasteiger partial charge < -0.3 is 4.42 Å². The molecule has 5 nitrogen and oxygen atoms in total. The van der Waals surface area contributed by atoms with Crippen LogP contribution in [0.25, 0.3) is 21.5 Å². The van der Waals surface area contributed by atoms with Gasteiger partial charge in [0.25, 0.3) is 5.91 Å².